The summed E-state index contributed by atoms with van der Waals surface area (Å²) >= 11 is 0. The Bertz CT molecular complexity index is 96.6. The third-order valence-corrected chi connectivity index (χ3v) is 2.84. The fraction of sp³-hybridized carbons (Fsp3) is 0.875. The molecule has 0 aromatic heterocycles. The third kappa shape index (κ3) is 0.519. The topological polar surface area (TPSA) is 0 Å². The first-order valence-electron chi connectivity index (χ1n) is 3.62. The maximum Gasteiger partial charge on any atom is -0.0235 e. The predicted molar refractivity (Wildman–Crippen MR) is 34.4 cm³/mol. The van der Waals surface area contributed by atoms with Crippen LogP contribution in [0.5, 0.6) is 0 Å². The first kappa shape index (κ1) is 4.84. The molecule has 2 rings (SSSR count). The molecule has 0 heteroatoms. The van der Waals surface area contributed by atoms with Crippen LogP contribution in [0.2, 0.25) is 0 Å². The molecule has 1 radical (unpaired) electrons. The summed E-state index contributed by atoms with van der Waals surface area (Å²) in [4.78, 5) is 0. The van der Waals surface area contributed by atoms with Crippen molar-refractivity contribution in [3.63, 3.8) is 0 Å². The van der Waals surface area contributed by atoms with E-state index in [0.29, 0.717) is 0 Å². The normalized spacial score (nSPS) is 34.1. The molecule has 2 saturated carbocycles. The van der Waals surface area contributed by atoms with Crippen molar-refractivity contribution >= 4 is 0 Å². The van der Waals surface area contributed by atoms with Crippen LogP contribution in [0, 0.1) is 11.3 Å². The Balaban J connectivity index is 2.19. The summed E-state index contributed by atoms with van der Waals surface area (Å²) in [6, 6.07) is 0. The maximum absolute atomic E-state index is 2.44. The maximum atomic E-state index is 2.44. The fourth-order valence-corrected chi connectivity index (χ4v) is 2.16. The molecular formula is C8H13. The molecule has 0 saturated heterocycles. The Hall–Kier alpha value is 0. The minimum Gasteiger partial charge on any atom is -0.0596 e. The van der Waals surface area contributed by atoms with Crippen molar-refractivity contribution in [3.05, 3.63) is 5.92 Å². The van der Waals surface area contributed by atoms with Crippen molar-refractivity contribution in [3.8, 4) is 0 Å². The molecule has 45 valence electrons. The van der Waals surface area contributed by atoms with Gasteiger partial charge >= 0.3 is 0 Å². The molecule has 0 unspecified atom stereocenters. The van der Waals surface area contributed by atoms with E-state index in [2.05, 4.69) is 6.92 Å². The van der Waals surface area contributed by atoms with E-state index in [1.165, 1.54) is 32.1 Å². The summed E-state index contributed by atoms with van der Waals surface area (Å²) in [6.07, 6.45) is 7.35. The highest BCUT2D eigenvalue weighted by Crippen LogP contribution is 2.54. The largest absolute Gasteiger partial charge is 0.0596 e. The van der Waals surface area contributed by atoms with Crippen molar-refractivity contribution in [2.45, 2.75) is 39.0 Å². The fourth-order valence-electron chi connectivity index (χ4n) is 2.16. The van der Waals surface area contributed by atoms with Gasteiger partial charge in [-0.2, -0.15) is 0 Å². The molecule has 2 fully saturated rings. The van der Waals surface area contributed by atoms with Gasteiger partial charge in [0.2, 0.25) is 0 Å². The Labute approximate surface area is 51.3 Å². The Morgan fingerprint density at radius 1 is 1.25 bits per heavy atom. The summed E-state index contributed by atoms with van der Waals surface area (Å²) in [5.74, 6) is 1.85. The highest BCUT2D eigenvalue weighted by molar-refractivity contribution is 5.10. The van der Waals surface area contributed by atoms with E-state index in [0.717, 1.165) is 5.41 Å². The molecule has 2 aliphatic carbocycles. The van der Waals surface area contributed by atoms with Crippen LogP contribution in [0.25, 0.3) is 0 Å². The van der Waals surface area contributed by atoms with Crippen molar-refractivity contribution in [2.75, 3.05) is 0 Å². The van der Waals surface area contributed by atoms with E-state index in [1.807, 2.05) is 5.92 Å². The van der Waals surface area contributed by atoms with Crippen molar-refractivity contribution in [2.24, 2.45) is 5.41 Å². The van der Waals surface area contributed by atoms with Crippen LogP contribution in [-0.4, -0.2) is 0 Å². The standard InChI is InChI=1S/C8H13/c1-8-4-2-7(6-8)3-5-8/h2-6H2,1H3. The molecule has 0 atom stereocenters. The van der Waals surface area contributed by atoms with E-state index in [9.17, 15) is 0 Å². The second kappa shape index (κ2) is 1.29. The molecule has 0 N–H and O–H groups in total. The first-order chi connectivity index (χ1) is 3.79. The van der Waals surface area contributed by atoms with Crippen LogP contribution < -0.4 is 0 Å². The monoisotopic (exact) mass is 109 g/mol. The molecule has 8 heavy (non-hydrogen) atoms. The molecule has 0 aliphatic heterocycles. The molecule has 0 amide bonds. The van der Waals surface area contributed by atoms with Gasteiger partial charge in [0.05, 0.1) is 0 Å². The van der Waals surface area contributed by atoms with Gasteiger partial charge in [0, 0.05) is 0 Å². The van der Waals surface area contributed by atoms with E-state index in [-0.39, 0.29) is 0 Å². The highest BCUT2D eigenvalue weighted by Gasteiger charge is 2.40. The number of fused-ring (bicyclic) bond motifs is 2. The lowest BCUT2D eigenvalue weighted by Crippen LogP contribution is -2.06. The lowest BCUT2D eigenvalue weighted by molar-refractivity contribution is 0.336. The number of hydrogen-bond donors (Lipinski definition) is 0. The predicted octanol–water partition coefficient (Wildman–Crippen LogP) is 2.54. The van der Waals surface area contributed by atoms with Crippen molar-refractivity contribution in [1.29, 1.82) is 0 Å². The summed E-state index contributed by atoms with van der Waals surface area (Å²) in [5, 5.41) is 0. The van der Waals surface area contributed by atoms with Crippen LogP contribution >= 0.6 is 0 Å². The van der Waals surface area contributed by atoms with Crippen LogP contribution in [-0.2, 0) is 0 Å². The average molecular weight is 109 g/mol. The lowest BCUT2D eigenvalue weighted by atomic mass is 9.87. The molecular weight excluding hydrogens is 96.1 g/mol. The zero-order valence-electron chi connectivity index (χ0n) is 5.54. The van der Waals surface area contributed by atoms with Crippen LogP contribution in [0.15, 0.2) is 0 Å². The van der Waals surface area contributed by atoms with E-state index in [1.54, 1.807) is 0 Å². The van der Waals surface area contributed by atoms with Gasteiger partial charge in [0.15, 0.2) is 0 Å². The summed E-state index contributed by atoms with van der Waals surface area (Å²) < 4.78 is 0. The van der Waals surface area contributed by atoms with Gasteiger partial charge in [-0.3, -0.25) is 0 Å². The summed E-state index contributed by atoms with van der Waals surface area (Å²) in [7, 11) is 0. The van der Waals surface area contributed by atoms with Crippen LogP contribution in [0.1, 0.15) is 39.0 Å². The Morgan fingerprint density at radius 2 is 1.88 bits per heavy atom. The van der Waals surface area contributed by atoms with Gasteiger partial charge in [-0.05, 0) is 43.4 Å². The molecule has 0 nitrogen and oxygen atoms in total. The van der Waals surface area contributed by atoms with Gasteiger partial charge in [-0.15, -0.1) is 0 Å². The average Bonchev–Trinajstić information content (AvgIpc) is 2.21. The SMILES string of the molecule is CC12CC[C](CC1)C2. The van der Waals surface area contributed by atoms with Crippen molar-refractivity contribution < 1.29 is 0 Å². The van der Waals surface area contributed by atoms with Crippen LogP contribution in [0.4, 0.5) is 0 Å². The molecule has 0 spiro atoms. The van der Waals surface area contributed by atoms with Gasteiger partial charge in [0.1, 0.15) is 0 Å². The molecule has 2 bridgehead atoms. The van der Waals surface area contributed by atoms with Gasteiger partial charge in [-0.1, -0.05) is 6.92 Å². The van der Waals surface area contributed by atoms with Gasteiger partial charge in [0.25, 0.3) is 0 Å². The Kier molecular flexibility index (Phi) is 0.778. The highest BCUT2D eigenvalue weighted by atomic mass is 14.5. The Morgan fingerprint density at radius 3 is 2.00 bits per heavy atom. The molecule has 2 aliphatic rings. The van der Waals surface area contributed by atoms with E-state index in [4.69, 9.17) is 0 Å². The second-order valence-electron chi connectivity index (χ2n) is 3.74. The van der Waals surface area contributed by atoms with E-state index < -0.39 is 0 Å². The molecule has 0 heterocycles. The zero-order valence-corrected chi connectivity index (χ0v) is 5.54. The summed E-state index contributed by atoms with van der Waals surface area (Å²) in [5.41, 5.74) is 0.773. The minimum absolute atomic E-state index is 0.773. The summed E-state index contributed by atoms with van der Waals surface area (Å²) in [6.45, 7) is 2.44. The van der Waals surface area contributed by atoms with Crippen molar-refractivity contribution in [1.82, 2.24) is 0 Å². The van der Waals surface area contributed by atoms with Gasteiger partial charge in [-0.25, -0.2) is 0 Å². The minimum atomic E-state index is 0.773. The number of hydrogen-bond acceptors (Lipinski definition) is 0. The molecule has 0 aromatic rings. The van der Waals surface area contributed by atoms with Crippen LogP contribution in [0.3, 0.4) is 0 Å². The molecule has 0 aromatic carbocycles. The second-order valence-corrected chi connectivity index (χ2v) is 3.74. The van der Waals surface area contributed by atoms with Gasteiger partial charge < -0.3 is 0 Å². The third-order valence-electron chi connectivity index (χ3n) is 2.84. The van der Waals surface area contributed by atoms with E-state index >= 15 is 0 Å². The zero-order chi connectivity index (χ0) is 5.61. The quantitative estimate of drug-likeness (QED) is 0.448. The number of rotatable bonds is 0. The smallest absolute Gasteiger partial charge is 0.0235 e. The lowest BCUT2D eigenvalue weighted by Gasteiger charge is -2.18. The first-order valence-corrected chi connectivity index (χ1v) is 3.62.